The maximum absolute atomic E-state index is 11.7. The van der Waals surface area contributed by atoms with Crippen LogP contribution in [0.4, 0.5) is 10.5 Å². The maximum atomic E-state index is 11.7. The lowest BCUT2D eigenvalue weighted by atomic mass is 10.1. The number of carbonyl (C=O) groups excluding carboxylic acids is 1. The highest BCUT2D eigenvalue weighted by atomic mass is 32.1. The summed E-state index contributed by atoms with van der Waals surface area (Å²) >= 11 is 1.45. The van der Waals surface area contributed by atoms with Crippen molar-refractivity contribution in [3.8, 4) is 0 Å². The van der Waals surface area contributed by atoms with E-state index in [0.717, 1.165) is 5.01 Å². The summed E-state index contributed by atoms with van der Waals surface area (Å²) in [5, 5.41) is 16.9. The Hall–Kier alpha value is -2.41. The second-order valence-corrected chi connectivity index (χ2v) is 5.05. The molecule has 20 heavy (non-hydrogen) atoms. The third kappa shape index (κ3) is 3.55. The molecular formula is C13H13N3O3S. The van der Waals surface area contributed by atoms with Crippen molar-refractivity contribution in [2.45, 2.75) is 13.5 Å². The summed E-state index contributed by atoms with van der Waals surface area (Å²) < 4.78 is 0. The summed E-state index contributed by atoms with van der Waals surface area (Å²) in [4.78, 5) is 26.7. The van der Waals surface area contributed by atoms with Crippen LogP contribution in [-0.2, 0) is 6.54 Å². The van der Waals surface area contributed by atoms with Crippen LogP contribution >= 0.6 is 11.3 Å². The third-order valence-corrected chi connectivity index (χ3v) is 3.39. The van der Waals surface area contributed by atoms with E-state index in [1.807, 2.05) is 5.38 Å². The van der Waals surface area contributed by atoms with Crippen molar-refractivity contribution in [2.24, 2.45) is 0 Å². The molecule has 0 bridgehead atoms. The van der Waals surface area contributed by atoms with E-state index in [1.54, 1.807) is 25.3 Å². The molecule has 0 atom stereocenters. The van der Waals surface area contributed by atoms with Gasteiger partial charge in [0.25, 0.3) is 0 Å². The number of carboxylic acid groups (broad SMARTS) is 1. The lowest BCUT2D eigenvalue weighted by Gasteiger charge is -2.08. The monoisotopic (exact) mass is 291 g/mol. The van der Waals surface area contributed by atoms with Crippen LogP contribution in [0.3, 0.4) is 0 Å². The fourth-order valence-electron chi connectivity index (χ4n) is 1.60. The summed E-state index contributed by atoms with van der Waals surface area (Å²) in [6.45, 7) is 2.04. The molecule has 0 aliphatic heterocycles. The average Bonchev–Trinajstić information content (AvgIpc) is 2.91. The van der Waals surface area contributed by atoms with Crippen molar-refractivity contribution in [1.82, 2.24) is 10.3 Å². The van der Waals surface area contributed by atoms with Crippen molar-refractivity contribution in [2.75, 3.05) is 5.32 Å². The standard InChI is InChI=1S/C13H13N3O3S/c1-8-2-3-9(6-10(8)12(17)18)16-13(19)15-7-11-14-4-5-20-11/h2-6H,7H2,1H3,(H,17,18)(H2,15,16,19). The minimum atomic E-state index is -1.02. The number of hydrogen-bond acceptors (Lipinski definition) is 4. The Labute approximate surface area is 119 Å². The zero-order valence-corrected chi connectivity index (χ0v) is 11.5. The quantitative estimate of drug-likeness (QED) is 0.807. The number of benzene rings is 1. The van der Waals surface area contributed by atoms with Gasteiger partial charge in [-0.1, -0.05) is 6.07 Å². The predicted molar refractivity (Wildman–Crippen MR) is 76.1 cm³/mol. The number of aromatic nitrogens is 1. The van der Waals surface area contributed by atoms with Gasteiger partial charge in [0.05, 0.1) is 12.1 Å². The van der Waals surface area contributed by atoms with E-state index in [0.29, 0.717) is 17.8 Å². The van der Waals surface area contributed by atoms with Crippen LogP contribution in [0.2, 0.25) is 0 Å². The zero-order chi connectivity index (χ0) is 14.5. The van der Waals surface area contributed by atoms with E-state index < -0.39 is 12.0 Å². The molecule has 7 heteroatoms. The molecule has 2 rings (SSSR count). The van der Waals surface area contributed by atoms with Gasteiger partial charge in [-0.15, -0.1) is 11.3 Å². The number of nitrogens with one attached hydrogen (secondary N) is 2. The molecule has 0 fully saturated rings. The Balaban J connectivity index is 1.97. The first-order valence-corrected chi connectivity index (χ1v) is 6.71. The number of aryl methyl sites for hydroxylation is 1. The van der Waals surface area contributed by atoms with Gasteiger partial charge in [-0.25, -0.2) is 14.6 Å². The van der Waals surface area contributed by atoms with Gasteiger partial charge < -0.3 is 15.7 Å². The molecule has 2 amide bonds. The van der Waals surface area contributed by atoms with Gasteiger partial charge in [0.2, 0.25) is 0 Å². The smallest absolute Gasteiger partial charge is 0.336 e. The molecule has 1 aromatic heterocycles. The minimum absolute atomic E-state index is 0.169. The lowest BCUT2D eigenvalue weighted by Crippen LogP contribution is -2.28. The summed E-state index contributed by atoms with van der Waals surface area (Å²) in [7, 11) is 0. The maximum Gasteiger partial charge on any atom is 0.336 e. The summed E-state index contributed by atoms with van der Waals surface area (Å²) in [5.74, 6) is -1.02. The third-order valence-electron chi connectivity index (χ3n) is 2.61. The molecule has 1 aromatic carbocycles. The molecule has 0 spiro atoms. The molecule has 0 radical (unpaired) electrons. The Morgan fingerprint density at radius 3 is 2.85 bits per heavy atom. The normalized spacial score (nSPS) is 10.1. The van der Waals surface area contributed by atoms with Gasteiger partial charge in [0, 0.05) is 17.3 Å². The number of rotatable bonds is 4. The van der Waals surface area contributed by atoms with Crippen LogP contribution in [0, 0.1) is 6.92 Å². The Morgan fingerprint density at radius 1 is 1.40 bits per heavy atom. The van der Waals surface area contributed by atoms with Gasteiger partial charge in [-0.05, 0) is 24.6 Å². The number of carbonyl (C=O) groups is 2. The number of amides is 2. The summed E-state index contributed by atoms with van der Waals surface area (Å²) in [6, 6.07) is 4.34. The second kappa shape index (κ2) is 6.16. The molecule has 6 nitrogen and oxygen atoms in total. The highest BCUT2D eigenvalue weighted by Crippen LogP contribution is 2.15. The van der Waals surface area contributed by atoms with E-state index in [1.165, 1.54) is 17.4 Å². The molecule has 0 aliphatic rings. The van der Waals surface area contributed by atoms with Gasteiger partial charge in [0.15, 0.2) is 0 Å². The van der Waals surface area contributed by atoms with E-state index in [4.69, 9.17) is 5.11 Å². The van der Waals surface area contributed by atoms with Crippen molar-refractivity contribution < 1.29 is 14.7 Å². The minimum Gasteiger partial charge on any atom is -0.478 e. The summed E-state index contributed by atoms with van der Waals surface area (Å²) in [6.07, 6.45) is 1.67. The van der Waals surface area contributed by atoms with Crippen LogP contribution in [0.25, 0.3) is 0 Å². The van der Waals surface area contributed by atoms with E-state index in [9.17, 15) is 9.59 Å². The number of aromatic carboxylic acids is 1. The number of nitrogens with zero attached hydrogens (tertiary/aromatic N) is 1. The van der Waals surface area contributed by atoms with Crippen LogP contribution < -0.4 is 10.6 Å². The first-order valence-electron chi connectivity index (χ1n) is 5.83. The van der Waals surface area contributed by atoms with Gasteiger partial charge in [0.1, 0.15) is 5.01 Å². The summed E-state index contributed by atoms with van der Waals surface area (Å²) in [5.41, 5.74) is 1.25. The molecule has 0 unspecified atom stereocenters. The molecule has 1 heterocycles. The van der Waals surface area contributed by atoms with Crippen LogP contribution in [0.15, 0.2) is 29.8 Å². The predicted octanol–water partition coefficient (Wildman–Crippen LogP) is 2.47. The van der Waals surface area contributed by atoms with E-state index in [2.05, 4.69) is 15.6 Å². The Morgan fingerprint density at radius 2 is 2.20 bits per heavy atom. The first kappa shape index (κ1) is 14.0. The molecule has 3 N–H and O–H groups in total. The van der Waals surface area contributed by atoms with Gasteiger partial charge in [-0.3, -0.25) is 0 Å². The number of hydrogen-bond donors (Lipinski definition) is 3. The molecule has 2 aromatic rings. The van der Waals surface area contributed by atoms with Crippen LogP contribution in [0.5, 0.6) is 0 Å². The SMILES string of the molecule is Cc1ccc(NC(=O)NCc2nccs2)cc1C(=O)O. The van der Waals surface area contributed by atoms with Crippen molar-refractivity contribution >= 4 is 29.0 Å². The molecule has 104 valence electrons. The van der Waals surface area contributed by atoms with Crippen molar-refractivity contribution in [3.63, 3.8) is 0 Å². The fourth-order valence-corrected chi connectivity index (χ4v) is 2.16. The Kier molecular flexibility index (Phi) is 4.31. The topological polar surface area (TPSA) is 91.3 Å². The number of carboxylic acids is 1. The van der Waals surface area contributed by atoms with Crippen molar-refractivity contribution in [1.29, 1.82) is 0 Å². The van der Waals surface area contributed by atoms with Crippen molar-refractivity contribution in [3.05, 3.63) is 45.9 Å². The second-order valence-electron chi connectivity index (χ2n) is 4.07. The fraction of sp³-hybridized carbons (Fsp3) is 0.154. The van der Waals surface area contributed by atoms with Crippen LogP contribution in [0.1, 0.15) is 20.9 Å². The largest absolute Gasteiger partial charge is 0.478 e. The lowest BCUT2D eigenvalue weighted by molar-refractivity contribution is 0.0696. The zero-order valence-electron chi connectivity index (χ0n) is 10.7. The number of urea groups is 1. The van der Waals surface area contributed by atoms with E-state index in [-0.39, 0.29) is 5.56 Å². The average molecular weight is 291 g/mol. The first-order chi connectivity index (χ1) is 9.56. The van der Waals surface area contributed by atoms with E-state index >= 15 is 0 Å². The molecule has 0 aliphatic carbocycles. The molecule has 0 saturated heterocycles. The Bertz CT molecular complexity index is 626. The van der Waals surface area contributed by atoms with Gasteiger partial charge >= 0.3 is 12.0 Å². The van der Waals surface area contributed by atoms with Gasteiger partial charge in [-0.2, -0.15) is 0 Å². The number of thiazole rings is 1. The van der Waals surface area contributed by atoms with Crippen LogP contribution in [-0.4, -0.2) is 22.1 Å². The molecule has 0 saturated carbocycles. The number of anilines is 1. The highest BCUT2D eigenvalue weighted by molar-refractivity contribution is 7.09. The highest BCUT2D eigenvalue weighted by Gasteiger charge is 2.09. The molecular weight excluding hydrogens is 278 g/mol.